The summed E-state index contributed by atoms with van der Waals surface area (Å²) in [7, 11) is 0. The first-order chi connectivity index (χ1) is 12.3. The van der Waals surface area contributed by atoms with Crippen molar-refractivity contribution >= 4 is 6.21 Å². The van der Waals surface area contributed by atoms with Crippen molar-refractivity contribution in [3.05, 3.63) is 89.7 Å². The lowest BCUT2D eigenvalue weighted by Crippen LogP contribution is -2.02. The van der Waals surface area contributed by atoms with Crippen molar-refractivity contribution in [3.63, 3.8) is 0 Å². The number of nitrogens with zero attached hydrogens (tertiary/aromatic N) is 2. The fourth-order valence-electron chi connectivity index (χ4n) is 2.26. The van der Waals surface area contributed by atoms with Gasteiger partial charge < -0.3 is 14.7 Å². The molecular formula is C20H18N2O3. The van der Waals surface area contributed by atoms with Gasteiger partial charge in [-0.05, 0) is 11.1 Å². The van der Waals surface area contributed by atoms with E-state index in [0.29, 0.717) is 30.4 Å². The number of hydrogen-bond donors (Lipinski definition) is 1. The summed E-state index contributed by atoms with van der Waals surface area (Å²) in [6.07, 6.45) is 2.82. The van der Waals surface area contributed by atoms with E-state index in [9.17, 15) is 0 Å². The van der Waals surface area contributed by atoms with E-state index >= 15 is 0 Å². The molecule has 0 saturated carbocycles. The summed E-state index contributed by atoms with van der Waals surface area (Å²) in [5.74, 6) is 1.08. The van der Waals surface area contributed by atoms with Crippen molar-refractivity contribution in [2.75, 3.05) is 0 Å². The molecule has 0 fully saturated rings. The van der Waals surface area contributed by atoms with Crippen molar-refractivity contribution in [3.8, 4) is 11.5 Å². The molecule has 0 amide bonds. The molecule has 5 nitrogen and oxygen atoms in total. The second kappa shape index (κ2) is 8.49. The Morgan fingerprint density at radius 3 is 1.96 bits per heavy atom. The smallest absolute Gasteiger partial charge is 0.179 e. The Bertz CT molecular complexity index is 821. The second-order valence-corrected chi connectivity index (χ2v) is 5.35. The van der Waals surface area contributed by atoms with Crippen LogP contribution in [-0.2, 0) is 13.2 Å². The molecular weight excluding hydrogens is 316 g/mol. The first-order valence-corrected chi connectivity index (χ1v) is 7.86. The van der Waals surface area contributed by atoms with E-state index in [1.165, 1.54) is 6.21 Å². The predicted molar refractivity (Wildman–Crippen MR) is 95.2 cm³/mol. The monoisotopic (exact) mass is 334 g/mol. The highest BCUT2D eigenvalue weighted by Crippen LogP contribution is 2.28. The summed E-state index contributed by atoms with van der Waals surface area (Å²) in [5.41, 5.74) is 2.58. The molecule has 2 aromatic carbocycles. The Hall–Kier alpha value is -3.34. The molecule has 0 aliphatic heterocycles. The molecule has 1 heterocycles. The van der Waals surface area contributed by atoms with Crippen molar-refractivity contribution in [1.82, 2.24) is 4.98 Å². The average Bonchev–Trinajstić information content (AvgIpc) is 2.67. The van der Waals surface area contributed by atoms with Crippen LogP contribution >= 0.6 is 0 Å². The van der Waals surface area contributed by atoms with Crippen LogP contribution in [0.25, 0.3) is 0 Å². The summed E-state index contributed by atoms with van der Waals surface area (Å²) < 4.78 is 11.7. The molecule has 3 rings (SSSR count). The first-order valence-electron chi connectivity index (χ1n) is 7.86. The fourth-order valence-corrected chi connectivity index (χ4v) is 2.26. The van der Waals surface area contributed by atoms with E-state index < -0.39 is 0 Å². The number of rotatable bonds is 7. The molecule has 0 aliphatic rings. The molecule has 1 N–H and O–H groups in total. The number of oxime groups is 1. The van der Waals surface area contributed by atoms with Crippen LogP contribution in [0.2, 0.25) is 0 Å². The van der Waals surface area contributed by atoms with Gasteiger partial charge in [-0.2, -0.15) is 0 Å². The maximum absolute atomic E-state index is 8.70. The van der Waals surface area contributed by atoms with E-state index in [1.54, 1.807) is 12.3 Å². The molecule has 0 bridgehead atoms. The minimum atomic E-state index is 0.405. The van der Waals surface area contributed by atoms with Crippen LogP contribution in [0.15, 0.2) is 78.1 Å². The minimum absolute atomic E-state index is 0.405. The Morgan fingerprint density at radius 1 is 0.840 bits per heavy atom. The average molecular weight is 334 g/mol. The zero-order valence-corrected chi connectivity index (χ0v) is 13.6. The van der Waals surface area contributed by atoms with Crippen LogP contribution in [0.3, 0.4) is 0 Å². The molecule has 0 radical (unpaired) electrons. The van der Waals surface area contributed by atoms with Crippen molar-refractivity contribution in [1.29, 1.82) is 0 Å². The molecule has 126 valence electrons. The van der Waals surface area contributed by atoms with Gasteiger partial charge in [0, 0.05) is 6.07 Å². The third-order valence-corrected chi connectivity index (χ3v) is 3.52. The predicted octanol–water partition coefficient (Wildman–Crippen LogP) is 4.05. The quantitative estimate of drug-likeness (QED) is 0.402. The van der Waals surface area contributed by atoms with E-state index in [2.05, 4.69) is 10.1 Å². The summed E-state index contributed by atoms with van der Waals surface area (Å²) in [4.78, 5) is 4.18. The van der Waals surface area contributed by atoms with Crippen LogP contribution in [0, 0.1) is 0 Å². The Kier molecular flexibility index (Phi) is 5.61. The van der Waals surface area contributed by atoms with Crippen LogP contribution in [0.1, 0.15) is 16.8 Å². The number of pyridine rings is 1. The van der Waals surface area contributed by atoms with E-state index in [0.717, 1.165) is 11.1 Å². The van der Waals surface area contributed by atoms with Crippen LogP contribution in [0.5, 0.6) is 11.5 Å². The molecule has 1 aromatic heterocycles. The lowest BCUT2D eigenvalue weighted by Gasteiger charge is -2.13. The maximum Gasteiger partial charge on any atom is 0.179 e. The Morgan fingerprint density at radius 2 is 1.40 bits per heavy atom. The van der Waals surface area contributed by atoms with Gasteiger partial charge in [0.25, 0.3) is 0 Å². The molecule has 0 spiro atoms. The third-order valence-electron chi connectivity index (χ3n) is 3.52. The summed E-state index contributed by atoms with van der Waals surface area (Å²) >= 11 is 0. The van der Waals surface area contributed by atoms with Gasteiger partial charge in [0.15, 0.2) is 11.5 Å². The van der Waals surface area contributed by atoms with Gasteiger partial charge in [0.1, 0.15) is 13.2 Å². The summed E-state index contributed by atoms with van der Waals surface area (Å²) in [5, 5.41) is 11.7. The van der Waals surface area contributed by atoms with E-state index in [-0.39, 0.29) is 0 Å². The molecule has 0 unspecified atom stereocenters. The summed E-state index contributed by atoms with van der Waals surface area (Å²) in [6, 6.07) is 21.4. The second-order valence-electron chi connectivity index (χ2n) is 5.35. The highest BCUT2D eigenvalue weighted by Gasteiger charge is 2.09. The molecule has 3 aromatic rings. The lowest BCUT2D eigenvalue weighted by molar-refractivity contribution is 0.254. The van der Waals surface area contributed by atoms with E-state index in [4.69, 9.17) is 14.7 Å². The topological polar surface area (TPSA) is 63.9 Å². The maximum atomic E-state index is 8.70. The molecule has 0 aliphatic carbocycles. The first kappa shape index (κ1) is 16.5. The van der Waals surface area contributed by atoms with Crippen molar-refractivity contribution in [2.24, 2.45) is 5.16 Å². The molecule has 25 heavy (non-hydrogen) atoms. The fraction of sp³-hybridized carbons (Fsp3) is 0.100. The zero-order valence-electron chi connectivity index (χ0n) is 13.6. The highest BCUT2D eigenvalue weighted by atomic mass is 16.5. The standard InChI is InChI=1S/C20H18N2O3/c23-22-12-18-11-19(24-14-16-7-3-1-4-8-16)20(13-21-18)25-15-17-9-5-2-6-10-17/h1-13,23H,14-15H2/b22-12+. The number of aromatic nitrogens is 1. The van der Waals surface area contributed by atoms with Gasteiger partial charge in [0.05, 0.1) is 18.1 Å². The van der Waals surface area contributed by atoms with Gasteiger partial charge in [-0.15, -0.1) is 0 Å². The van der Waals surface area contributed by atoms with Crippen LogP contribution in [0.4, 0.5) is 0 Å². The number of ether oxygens (including phenoxy) is 2. The minimum Gasteiger partial charge on any atom is -0.485 e. The van der Waals surface area contributed by atoms with Gasteiger partial charge in [-0.1, -0.05) is 65.8 Å². The van der Waals surface area contributed by atoms with Crippen LogP contribution in [-0.4, -0.2) is 16.4 Å². The van der Waals surface area contributed by atoms with E-state index in [1.807, 2.05) is 60.7 Å². The zero-order chi connectivity index (χ0) is 17.3. The lowest BCUT2D eigenvalue weighted by atomic mass is 10.2. The van der Waals surface area contributed by atoms with Gasteiger partial charge >= 0.3 is 0 Å². The Balaban J connectivity index is 1.76. The summed E-state index contributed by atoms with van der Waals surface area (Å²) in [6.45, 7) is 0.819. The molecule has 5 heteroatoms. The van der Waals surface area contributed by atoms with Crippen molar-refractivity contribution in [2.45, 2.75) is 13.2 Å². The SMILES string of the molecule is O/N=C/c1cc(OCc2ccccc2)c(OCc2ccccc2)cn1. The number of benzene rings is 2. The van der Waals surface area contributed by atoms with Gasteiger partial charge in [0.2, 0.25) is 0 Å². The highest BCUT2D eigenvalue weighted by molar-refractivity contribution is 5.77. The van der Waals surface area contributed by atoms with Gasteiger partial charge in [-0.3, -0.25) is 4.98 Å². The van der Waals surface area contributed by atoms with Gasteiger partial charge in [-0.25, -0.2) is 0 Å². The van der Waals surface area contributed by atoms with Crippen LogP contribution < -0.4 is 9.47 Å². The molecule has 0 atom stereocenters. The Labute approximate surface area is 146 Å². The number of hydrogen-bond acceptors (Lipinski definition) is 5. The normalized spacial score (nSPS) is 10.7. The third kappa shape index (κ3) is 4.81. The molecule has 0 saturated heterocycles. The van der Waals surface area contributed by atoms with Crippen molar-refractivity contribution < 1.29 is 14.7 Å². The largest absolute Gasteiger partial charge is 0.485 e.